The molecule has 2 nitrogen and oxygen atoms in total. The van der Waals surface area contributed by atoms with Crippen molar-refractivity contribution in [1.29, 1.82) is 0 Å². The highest BCUT2D eigenvalue weighted by atomic mass is 16.2. The van der Waals surface area contributed by atoms with E-state index in [1.54, 1.807) is 0 Å². The summed E-state index contributed by atoms with van der Waals surface area (Å²) in [6, 6.07) is 0. The molecule has 1 aliphatic rings. The van der Waals surface area contributed by atoms with Gasteiger partial charge in [-0.2, -0.15) is 0 Å². The number of amides is 1. The van der Waals surface area contributed by atoms with Crippen LogP contribution in [-0.4, -0.2) is 23.9 Å². The molecule has 0 aliphatic carbocycles. The van der Waals surface area contributed by atoms with E-state index in [-0.39, 0.29) is 0 Å². The Morgan fingerprint density at radius 2 is 1.94 bits per heavy atom. The number of likely N-dealkylation sites (tertiary alicyclic amines) is 1. The molecule has 1 saturated heterocycles. The lowest BCUT2D eigenvalue weighted by Crippen LogP contribution is -2.30. The van der Waals surface area contributed by atoms with Crippen LogP contribution in [0.15, 0.2) is 23.3 Å². The second kappa shape index (κ2) is 8.12. The molecule has 102 valence electrons. The van der Waals surface area contributed by atoms with Crippen LogP contribution in [0.2, 0.25) is 0 Å². The van der Waals surface area contributed by atoms with Crippen LogP contribution in [0.5, 0.6) is 0 Å². The van der Waals surface area contributed by atoms with Gasteiger partial charge >= 0.3 is 0 Å². The molecule has 1 fully saturated rings. The van der Waals surface area contributed by atoms with E-state index in [1.807, 2.05) is 4.90 Å². The third-order valence-electron chi connectivity index (χ3n) is 3.42. The third kappa shape index (κ3) is 6.04. The van der Waals surface area contributed by atoms with Gasteiger partial charge < -0.3 is 4.90 Å². The van der Waals surface area contributed by atoms with Gasteiger partial charge in [-0.1, -0.05) is 29.7 Å². The van der Waals surface area contributed by atoms with Crippen molar-refractivity contribution in [3.63, 3.8) is 0 Å². The van der Waals surface area contributed by atoms with Crippen molar-refractivity contribution in [3.8, 4) is 0 Å². The zero-order valence-corrected chi connectivity index (χ0v) is 12.2. The number of carbonyl (C=O) groups is 1. The highest BCUT2D eigenvalue weighted by Gasteiger charge is 2.14. The predicted molar refractivity (Wildman–Crippen MR) is 77.5 cm³/mol. The van der Waals surface area contributed by atoms with Gasteiger partial charge in [-0.3, -0.25) is 4.79 Å². The zero-order chi connectivity index (χ0) is 13.4. The van der Waals surface area contributed by atoms with E-state index < -0.39 is 0 Å². The molecule has 0 radical (unpaired) electrons. The van der Waals surface area contributed by atoms with E-state index in [9.17, 15) is 4.79 Å². The number of nitrogens with zero attached hydrogens (tertiary/aromatic N) is 1. The quantitative estimate of drug-likeness (QED) is 0.672. The van der Waals surface area contributed by atoms with Gasteiger partial charge in [0.1, 0.15) is 0 Å². The lowest BCUT2D eigenvalue weighted by atomic mass is 10.1. The molecule has 1 amide bonds. The Kier molecular flexibility index (Phi) is 6.77. The van der Waals surface area contributed by atoms with Crippen LogP contribution in [0, 0.1) is 0 Å². The van der Waals surface area contributed by atoms with Crippen LogP contribution in [-0.2, 0) is 4.79 Å². The fraction of sp³-hybridized carbons (Fsp3) is 0.688. The van der Waals surface area contributed by atoms with Crippen molar-refractivity contribution in [1.82, 2.24) is 4.90 Å². The second-order valence-electron chi connectivity index (χ2n) is 5.52. The van der Waals surface area contributed by atoms with Crippen LogP contribution in [0.1, 0.15) is 59.3 Å². The fourth-order valence-corrected chi connectivity index (χ4v) is 2.19. The van der Waals surface area contributed by atoms with Gasteiger partial charge in [0.25, 0.3) is 0 Å². The summed E-state index contributed by atoms with van der Waals surface area (Å²) < 4.78 is 0. The normalized spacial score (nSPS) is 17.6. The van der Waals surface area contributed by atoms with E-state index in [2.05, 4.69) is 32.9 Å². The predicted octanol–water partition coefficient (Wildman–Crippen LogP) is 4.08. The molecule has 18 heavy (non-hydrogen) atoms. The molecular weight excluding hydrogens is 222 g/mol. The smallest absolute Gasteiger partial charge is 0.222 e. The van der Waals surface area contributed by atoms with Crippen molar-refractivity contribution in [2.24, 2.45) is 0 Å². The molecule has 0 N–H and O–H groups in total. The molecule has 0 aromatic rings. The summed E-state index contributed by atoms with van der Waals surface area (Å²) in [6.45, 7) is 8.18. The van der Waals surface area contributed by atoms with Gasteiger partial charge in [-0.15, -0.1) is 0 Å². The largest absolute Gasteiger partial charge is 0.339 e. The number of carbonyl (C=O) groups excluding carboxylic acids is 1. The summed E-state index contributed by atoms with van der Waals surface area (Å²) in [6.07, 6.45) is 10.9. The van der Waals surface area contributed by atoms with E-state index >= 15 is 0 Å². The maximum Gasteiger partial charge on any atom is 0.222 e. The molecule has 1 aliphatic heterocycles. The molecule has 0 aromatic heterocycles. The van der Waals surface area contributed by atoms with Gasteiger partial charge in [0.15, 0.2) is 0 Å². The molecule has 0 unspecified atom stereocenters. The fourth-order valence-electron chi connectivity index (χ4n) is 2.19. The summed E-state index contributed by atoms with van der Waals surface area (Å²) in [4.78, 5) is 13.8. The summed E-state index contributed by atoms with van der Waals surface area (Å²) in [5, 5.41) is 0. The summed E-state index contributed by atoms with van der Waals surface area (Å²) in [7, 11) is 0. The van der Waals surface area contributed by atoms with Gasteiger partial charge in [0, 0.05) is 19.5 Å². The Morgan fingerprint density at radius 1 is 1.17 bits per heavy atom. The highest BCUT2D eigenvalue weighted by molar-refractivity contribution is 5.76. The maximum absolute atomic E-state index is 11.8. The molecule has 0 spiro atoms. The monoisotopic (exact) mass is 249 g/mol. The van der Waals surface area contributed by atoms with Crippen molar-refractivity contribution in [2.45, 2.75) is 59.3 Å². The molecule has 1 heterocycles. The number of hydrogen-bond acceptors (Lipinski definition) is 1. The average Bonchev–Trinajstić information content (AvgIpc) is 2.51. The van der Waals surface area contributed by atoms with Crippen molar-refractivity contribution < 1.29 is 4.79 Å². The first-order chi connectivity index (χ1) is 8.59. The van der Waals surface area contributed by atoms with E-state index in [4.69, 9.17) is 0 Å². The Hall–Kier alpha value is -1.05. The minimum absolute atomic E-state index is 0.334. The van der Waals surface area contributed by atoms with Crippen LogP contribution in [0.3, 0.4) is 0 Å². The standard InChI is InChI=1S/C16H27NO/c1-14(2)8-7-9-15(3)11-13-17-12-6-4-5-10-16(17)18/h8,11H,4-7,9-10,12-13H2,1-3H3/b15-11+. The maximum atomic E-state index is 11.8. The lowest BCUT2D eigenvalue weighted by molar-refractivity contribution is -0.130. The molecule has 0 aromatic carbocycles. The molecule has 1 rings (SSSR count). The highest BCUT2D eigenvalue weighted by Crippen LogP contribution is 2.12. The minimum atomic E-state index is 0.334. The Balaban J connectivity index is 2.36. The first-order valence-corrected chi connectivity index (χ1v) is 7.16. The number of hydrogen-bond donors (Lipinski definition) is 0. The van der Waals surface area contributed by atoms with Crippen LogP contribution < -0.4 is 0 Å². The Morgan fingerprint density at radius 3 is 2.67 bits per heavy atom. The van der Waals surface area contributed by atoms with Gasteiger partial charge in [-0.05, 0) is 46.5 Å². The third-order valence-corrected chi connectivity index (χ3v) is 3.42. The summed E-state index contributed by atoms with van der Waals surface area (Å²) in [5.41, 5.74) is 2.77. The Labute approximate surface area is 112 Å². The van der Waals surface area contributed by atoms with E-state index in [0.29, 0.717) is 5.91 Å². The molecule has 2 heteroatoms. The minimum Gasteiger partial charge on any atom is -0.339 e. The lowest BCUT2D eigenvalue weighted by Gasteiger charge is -2.18. The first kappa shape index (κ1) is 15.0. The Bertz CT molecular complexity index is 324. The zero-order valence-electron chi connectivity index (χ0n) is 12.2. The number of allylic oxidation sites excluding steroid dienone is 3. The van der Waals surface area contributed by atoms with Gasteiger partial charge in [0.05, 0.1) is 0 Å². The van der Waals surface area contributed by atoms with E-state index in [1.165, 1.54) is 17.6 Å². The average molecular weight is 249 g/mol. The van der Waals surface area contributed by atoms with Crippen molar-refractivity contribution >= 4 is 5.91 Å². The van der Waals surface area contributed by atoms with Crippen LogP contribution in [0.25, 0.3) is 0 Å². The second-order valence-corrected chi connectivity index (χ2v) is 5.52. The van der Waals surface area contributed by atoms with Crippen molar-refractivity contribution in [3.05, 3.63) is 23.3 Å². The molecule has 0 saturated carbocycles. The topological polar surface area (TPSA) is 20.3 Å². The van der Waals surface area contributed by atoms with Crippen molar-refractivity contribution in [2.75, 3.05) is 13.1 Å². The molecule has 0 bridgehead atoms. The van der Waals surface area contributed by atoms with Gasteiger partial charge in [0.2, 0.25) is 5.91 Å². The SMILES string of the molecule is CC(C)=CCC/C(C)=C/CN1CCCCCC1=O. The van der Waals surface area contributed by atoms with Crippen LogP contribution in [0.4, 0.5) is 0 Å². The van der Waals surface area contributed by atoms with Gasteiger partial charge in [-0.25, -0.2) is 0 Å². The molecule has 0 atom stereocenters. The first-order valence-electron chi connectivity index (χ1n) is 7.16. The molecular formula is C16H27NO. The number of rotatable bonds is 5. The summed E-state index contributed by atoms with van der Waals surface area (Å²) >= 11 is 0. The summed E-state index contributed by atoms with van der Waals surface area (Å²) in [5.74, 6) is 0.334. The van der Waals surface area contributed by atoms with Crippen LogP contribution >= 0.6 is 0 Å². The van der Waals surface area contributed by atoms with E-state index in [0.717, 1.165) is 45.2 Å².